The Hall–Kier alpha value is -0.770. The third-order valence-corrected chi connectivity index (χ3v) is 2.80. The van der Waals surface area contributed by atoms with Crippen LogP contribution in [0.2, 0.25) is 10.0 Å². The molecule has 3 nitrogen and oxygen atoms in total. The average Bonchev–Trinajstić information content (AvgIpc) is 2.38. The number of benzene rings is 1. The Balaban J connectivity index is 2.64. The number of halogens is 2. The van der Waals surface area contributed by atoms with E-state index in [-0.39, 0.29) is 5.91 Å². The van der Waals surface area contributed by atoms with E-state index in [0.717, 1.165) is 0 Å². The van der Waals surface area contributed by atoms with Crippen molar-refractivity contribution in [2.45, 2.75) is 6.04 Å². The molecule has 0 saturated heterocycles. The molecule has 0 aliphatic carbocycles. The molecule has 5 heteroatoms. The molecule has 2 rings (SSSR count). The van der Waals surface area contributed by atoms with Gasteiger partial charge in [0.15, 0.2) is 0 Å². The number of carbonyl (C=O) groups is 1. The van der Waals surface area contributed by atoms with Crippen molar-refractivity contribution in [1.29, 1.82) is 0 Å². The van der Waals surface area contributed by atoms with E-state index in [1.165, 1.54) is 0 Å². The van der Waals surface area contributed by atoms with E-state index in [0.29, 0.717) is 21.3 Å². The SMILES string of the molecule is N[C@@H]1C(=O)Nc2c1ccc(Cl)c2Cl. The minimum atomic E-state index is -0.634. The van der Waals surface area contributed by atoms with Crippen LogP contribution in [-0.4, -0.2) is 5.91 Å². The number of anilines is 1. The second-order valence-electron chi connectivity index (χ2n) is 2.79. The van der Waals surface area contributed by atoms with E-state index in [1.807, 2.05) is 0 Å². The van der Waals surface area contributed by atoms with Crippen molar-refractivity contribution in [3.63, 3.8) is 0 Å². The maximum Gasteiger partial charge on any atom is 0.246 e. The fraction of sp³-hybridized carbons (Fsp3) is 0.125. The molecule has 0 unspecified atom stereocenters. The fourth-order valence-corrected chi connectivity index (χ4v) is 1.67. The van der Waals surface area contributed by atoms with Crippen LogP contribution in [0.3, 0.4) is 0 Å². The molecule has 1 aliphatic rings. The molecule has 0 radical (unpaired) electrons. The summed E-state index contributed by atoms with van der Waals surface area (Å²) < 4.78 is 0. The molecule has 1 aromatic carbocycles. The molecule has 1 atom stereocenters. The summed E-state index contributed by atoms with van der Waals surface area (Å²) in [6, 6.07) is 2.69. The number of nitrogens with one attached hydrogen (secondary N) is 1. The molecule has 0 fully saturated rings. The highest BCUT2D eigenvalue weighted by molar-refractivity contribution is 6.44. The molecule has 0 saturated carbocycles. The molecule has 1 amide bonds. The van der Waals surface area contributed by atoms with E-state index in [2.05, 4.69) is 5.32 Å². The molecule has 3 N–H and O–H groups in total. The molecule has 0 spiro atoms. The molecule has 1 aliphatic heterocycles. The van der Waals surface area contributed by atoms with Gasteiger partial charge in [0.25, 0.3) is 0 Å². The first-order chi connectivity index (χ1) is 6.11. The maximum atomic E-state index is 11.2. The first-order valence-corrected chi connectivity index (χ1v) is 4.41. The van der Waals surface area contributed by atoms with Crippen LogP contribution in [0.25, 0.3) is 0 Å². The summed E-state index contributed by atoms with van der Waals surface area (Å²) in [5, 5.41) is 3.34. The predicted molar refractivity (Wildman–Crippen MR) is 52.0 cm³/mol. The van der Waals surface area contributed by atoms with Crippen molar-refractivity contribution in [1.82, 2.24) is 0 Å². The number of nitrogens with two attached hydrogens (primary N) is 1. The number of hydrogen-bond donors (Lipinski definition) is 2. The van der Waals surface area contributed by atoms with E-state index in [4.69, 9.17) is 28.9 Å². The Bertz CT molecular complexity index is 392. The largest absolute Gasteiger partial charge is 0.323 e. The molecule has 13 heavy (non-hydrogen) atoms. The van der Waals surface area contributed by atoms with Gasteiger partial charge in [-0.05, 0) is 6.07 Å². The molecule has 0 bridgehead atoms. The lowest BCUT2D eigenvalue weighted by Gasteiger charge is -2.03. The first-order valence-electron chi connectivity index (χ1n) is 3.65. The highest BCUT2D eigenvalue weighted by Crippen LogP contribution is 2.39. The van der Waals surface area contributed by atoms with Crippen molar-refractivity contribution in [2.75, 3.05) is 5.32 Å². The number of carbonyl (C=O) groups excluding carboxylic acids is 1. The van der Waals surface area contributed by atoms with Gasteiger partial charge in [-0.15, -0.1) is 0 Å². The van der Waals surface area contributed by atoms with Gasteiger partial charge in [0, 0.05) is 5.56 Å². The summed E-state index contributed by atoms with van der Waals surface area (Å²) in [6.45, 7) is 0. The van der Waals surface area contributed by atoms with Crippen molar-refractivity contribution < 1.29 is 4.79 Å². The van der Waals surface area contributed by atoms with Crippen LogP contribution in [0.1, 0.15) is 11.6 Å². The summed E-state index contributed by atoms with van der Waals surface area (Å²) in [4.78, 5) is 11.2. The number of amides is 1. The number of rotatable bonds is 0. The van der Waals surface area contributed by atoms with E-state index >= 15 is 0 Å². The van der Waals surface area contributed by atoms with Crippen LogP contribution in [-0.2, 0) is 4.79 Å². The summed E-state index contributed by atoms with van der Waals surface area (Å²) >= 11 is 11.6. The normalized spacial score (nSPS) is 19.9. The lowest BCUT2D eigenvalue weighted by molar-refractivity contribution is -0.116. The summed E-state index contributed by atoms with van der Waals surface area (Å²) in [7, 11) is 0. The lowest BCUT2D eigenvalue weighted by atomic mass is 10.1. The Morgan fingerprint density at radius 3 is 2.77 bits per heavy atom. The zero-order valence-electron chi connectivity index (χ0n) is 6.47. The van der Waals surface area contributed by atoms with Gasteiger partial charge in [0.1, 0.15) is 6.04 Å². The van der Waals surface area contributed by atoms with Crippen LogP contribution in [0, 0.1) is 0 Å². The summed E-state index contributed by atoms with van der Waals surface area (Å²) in [5.74, 6) is -0.251. The highest BCUT2D eigenvalue weighted by Gasteiger charge is 2.29. The molecule has 0 aromatic heterocycles. The average molecular weight is 217 g/mol. The van der Waals surface area contributed by atoms with Crippen LogP contribution >= 0.6 is 23.2 Å². The first kappa shape index (κ1) is 8.81. The highest BCUT2D eigenvalue weighted by atomic mass is 35.5. The van der Waals surface area contributed by atoms with Gasteiger partial charge in [-0.25, -0.2) is 0 Å². The summed E-state index contributed by atoms with van der Waals surface area (Å²) in [5.41, 5.74) is 6.82. The molecule has 68 valence electrons. The van der Waals surface area contributed by atoms with Gasteiger partial charge in [-0.1, -0.05) is 29.3 Å². The van der Waals surface area contributed by atoms with E-state index < -0.39 is 6.04 Å². The van der Waals surface area contributed by atoms with Crippen LogP contribution in [0.4, 0.5) is 5.69 Å². The van der Waals surface area contributed by atoms with Crippen LogP contribution in [0.15, 0.2) is 12.1 Å². The molecule has 1 heterocycles. The topological polar surface area (TPSA) is 55.1 Å². The minimum absolute atomic E-state index is 0.251. The molecule has 1 aromatic rings. The monoisotopic (exact) mass is 216 g/mol. The Morgan fingerprint density at radius 1 is 1.38 bits per heavy atom. The van der Waals surface area contributed by atoms with Gasteiger partial charge in [0.05, 0.1) is 15.7 Å². The zero-order valence-corrected chi connectivity index (χ0v) is 7.99. The number of fused-ring (bicyclic) bond motifs is 1. The fourth-order valence-electron chi connectivity index (χ4n) is 1.29. The predicted octanol–water partition coefficient (Wildman–Crippen LogP) is 1.95. The van der Waals surface area contributed by atoms with Crippen molar-refractivity contribution in [3.8, 4) is 0 Å². The summed E-state index contributed by atoms with van der Waals surface area (Å²) in [6.07, 6.45) is 0. The minimum Gasteiger partial charge on any atom is -0.323 e. The van der Waals surface area contributed by atoms with Gasteiger partial charge in [-0.2, -0.15) is 0 Å². The van der Waals surface area contributed by atoms with Gasteiger partial charge in [-0.3, -0.25) is 4.79 Å². The van der Waals surface area contributed by atoms with Crippen LogP contribution in [0.5, 0.6) is 0 Å². The van der Waals surface area contributed by atoms with E-state index in [9.17, 15) is 4.79 Å². The van der Waals surface area contributed by atoms with Crippen molar-refractivity contribution in [3.05, 3.63) is 27.7 Å². The maximum absolute atomic E-state index is 11.2. The van der Waals surface area contributed by atoms with Crippen molar-refractivity contribution in [2.24, 2.45) is 5.73 Å². The Morgan fingerprint density at radius 2 is 2.08 bits per heavy atom. The third kappa shape index (κ3) is 1.20. The lowest BCUT2D eigenvalue weighted by Crippen LogP contribution is -2.19. The molecular formula is C8H6Cl2N2O. The smallest absolute Gasteiger partial charge is 0.246 e. The van der Waals surface area contributed by atoms with Crippen molar-refractivity contribution >= 4 is 34.8 Å². The second kappa shape index (κ2) is 2.87. The van der Waals surface area contributed by atoms with Crippen LogP contribution < -0.4 is 11.1 Å². The van der Waals surface area contributed by atoms with Gasteiger partial charge >= 0.3 is 0 Å². The third-order valence-electron chi connectivity index (χ3n) is 1.99. The van der Waals surface area contributed by atoms with E-state index in [1.54, 1.807) is 12.1 Å². The second-order valence-corrected chi connectivity index (χ2v) is 3.58. The Kier molecular flexibility index (Phi) is 1.95. The standard InChI is InChI=1S/C8H6Cl2N2O/c9-4-2-1-3-6(11)8(13)12-7(3)5(4)10/h1-2,6H,11H2,(H,12,13)/t6-/m0/s1. The number of hydrogen-bond acceptors (Lipinski definition) is 2. The van der Waals surface area contributed by atoms with Gasteiger partial charge in [0.2, 0.25) is 5.91 Å². The quantitative estimate of drug-likeness (QED) is 0.697. The Labute approximate surface area is 84.8 Å². The zero-order chi connectivity index (χ0) is 9.59. The van der Waals surface area contributed by atoms with Gasteiger partial charge < -0.3 is 11.1 Å². The molecular weight excluding hydrogens is 211 g/mol.